The summed E-state index contributed by atoms with van der Waals surface area (Å²) in [6, 6.07) is 25.8. The predicted molar refractivity (Wildman–Crippen MR) is 261 cm³/mol. The number of nitrogens with one attached hydrogen (secondary N) is 2. The van der Waals surface area contributed by atoms with Crippen LogP contribution < -0.4 is 15.4 Å². The van der Waals surface area contributed by atoms with E-state index in [-0.39, 0.29) is 31.3 Å². The lowest BCUT2D eigenvalue weighted by Crippen LogP contribution is -2.65. The minimum atomic E-state index is -1.33. The Hall–Kier alpha value is -5.73. The van der Waals surface area contributed by atoms with Crippen LogP contribution in [0.5, 0.6) is 11.5 Å². The number of hydrogen-bond acceptors (Lipinski definition) is 8. The predicted octanol–water partition coefficient (Wildman–Crippen LogP) is 7.45. The summed E-state index contributed by atoms with van der Waals surface area (Å²) in [5.74, 6) is -0.882. The molecule has 0 saturated carbocycles. The van der Waals surface area contributed by atoms with E-state index in [9.17, 15) is 14.7 Å². The Morgan fingerprint density at radius 1 is 0.853 bits per heavy atom. The molecule has 68 heavy (non-hydrogen) atoms. The number of aromatic nitrogens is 2. The highest BCUT2D eigenvalue weighted by Gasteiger charge is 2.45. The van der Waals surface area contributed by atoms with Gasteiger partial charge in [-0.25, -0.2) is 4.98 Å². The smallest absolute Gasteiger partial charge is 0.245 e. The molecule has 9 rings (SSSR count). The van der Waals surface area contributed by atoms with Gasteiger partial charge in [0.05, 0.1) is 43.0 Å². The Bertz CT molecular complexity index is 2650. The number of aliphatic hydroxyl groups excluding tert-OH is 1. The van der Waals surface area contributed by atoms with E-state index >= 15 is 9.59 Å². The van der Waals surface area contributed by atoms with Gasteiger partial charge in [0.1, 0.15) is 29.4 Å². The molecule has 5 atom stereocenters. The summed E-state index contributed by atoms with van der Waals surface area (Å²) in [5.41, 5.74) is 4.70. The second kappa shape index (κ2) is 20.5. The molecule has 2 bridgehead atoms. The standard InChI is InChI=1S/C53H59Cl2N7O6/c1-34-50(65)57-45(32-63)51(66)58-53(28-35-10-16-39(54)17-11-35)22-7-25-61(33-53)52(67)44(43-21-15-36-8-3-4-9-42(36)43)27-49(64)62(34)30-38-12-18-40(55)26-47(38)68-41-19-13-37(14-20-41)46-29-56-48(59(46)2)31-60-23-5-6-24-60/h3-4,8-14,16-20,26,29,34,43-45,63H,5-7,15,21-25,27-28,30-33H2,1-2H3,(H,57,65)(H,58,66)/t34-,43+,44-,45-,53+/m0/s1. The summed E-state index contributed by atoms with van der Waals surface area (Å²) in [6.45, 7) is 4.43. The van der Waals surface area contributed by atoms with Gasteiger partial charge in [0.25, 0.3) is 0 Å². The fourth-order valence-corrected chi connectivity index (χ4v) is 11.0. The molecule has 4 amide bonds. The van der Waals surface area contributed by atoms with E-state index in [1.807, 2.05) is 72.7 Å². The van der Waals surface area contributed by atoms with Crippen molar-refractivity contribution in [3.05, 3.63) is 135 Å². The highest BCUT2D eigenvalue weighted by molar-refractivity contribution is 6.31. The van der Waals surface area contributed by atoms with Crippen molar-refractivity contribution in [2.45, 2.75) is 94.9 Å². The van der Waals surface area contributed by atoms with Crippen LogP contribution in [-0.2, 0) is 52.2 Å². The third kappa shape index (κ3) is 10.3. The molecule has 0 radical (unpaired) electrons. The number of benzene rings is 4. The average Bonchev–Trinajstić information content (AvgIpc) is 4.11. The molecule has 15 heteroatoms. The number of aryl methyl sites for hydroxylation is 1. The van der Waals surface area contributed by atoms with Gasteiger partial charge in [-0.1, -0.05) is 65.7 Å². The van der Waals surface area contributed by atoms with Crippen LogP contribution in [0.15, 0.2) is 97.2 Å². The molecule has 13 nitrogen and oxygen atoms in total. The molecule has 4 aliphatic rings. The Morgan fingerprint density at radius 3 is 2.37 bits per heavy atom. The minimum Gasteiger partial charge on any atom is -0.457 e. The van der Waals surface area contributed by atoms with E-state index in [0.29, 0.717) is 59.3 Å². The molecule has 356 valence electrons. The van der Waals surface area contributed by atoms with Crippen LogP contribution in [-0.4, -0.2) is 103 Å². The molecule has 4 heterocycles. The monoisotopic (exact) mass is 959 g/mol. The van der Waals surface area contributed by atoms with Crippen molar-refractivity contribution < 1.29 is 29.0 Å². The molecule has 1 aromatic heterocycles. The number of hydrogen-bond donors (Lipinski definition) is 3. The molecule has 5 aromatic rings. The first-order chi connectivity index (χ1) is 32.9. The van der Waals surface area contributed by atoms with Crippen molar-refractivity contribution in [1.29, 1.82) is 0 Å². The lowest BCUT2D eigenvalue weighted by molar-refractivity contribution is -0.148. The molecule has 3 N–H and O–H groups in total. The molecule has 1 aliphatic carbocycles. The van der Waals surface area contributed by atoms with Gasteiger partial charge >= 0.3 is 0 Å². The van der Waals surface area contributed by atoms with E-state index in [2.05, 4.69) is 26.2 Å². The topological polar surface area (TPSA) is 149 Å². The summed E-state index contributed by atoms with van der Waals surface area (Å²) >= 11 is 12.8. The number of carbonyl (C=O) groups is 4. The summed E-state index contributed by atoms with van der Waals surface area (Å²) < 4.78 is 8.64. The van der Waals surface area contributed by atoms with Crippen molar-refractivity contribution in [2.75, 3.05) is 32.8 Å². The van der Waals surface area contributed by atoms with Gasteiger partial charge in [-0.05, 0) is 136 Å². The summed E-state index contributed by atoms with van der Waals surface area (Å²) in [6.07, 6.45) is 7.14. The molecular formula is C53H59Cl2N7O6. The maximum atomic E-state index is 15.3. The number of fused-ring (bicyclic) bond motifs is 3. The van der Waals surface area contributed by atoms with E-state index in [1.54, 1.807) is 37.3 Å². The van der Waals surface area contributed by atoms with Crippen molar-refractivity contribution in [3.8, 4) is 22.8 Å². The highest BCUT2D eigenvalue weighted by atomic mass is 35.5. The number of piperidine rings is 1. The van der Waals surface area contributed by atoms with Gasteiger partial charge < -0.3 is 34.8 Å². The molecule has 3 fully saturated rings. The summed E-state index contributed by atoms with van der Waals surface area (Å²) in [4.78, 5) is 69.5. The number of ether oxygens (including phenoxy) is 1. The molecule has 3 saturated heterocycles. The van der Waals surface area contributed by atoms with E-state index in [1.165, 1.54) is 17.7 Å². The van der Waals surface area contributed by atoms with Crippen molar-refractivity contribution >= 4 is 46.8 Å². The van der Waals surface area contributed by atoms with Crippen LogP contribution >= 0.6 is 23.2 Å². The number of likely N-dealkylation sites (tertiary alicyclic amines) is 1. The number of aliphatic hydroxyl groups is 1. The average molecular weight is 961 g/mol. The van der Waals surface area contributed by atoms with E-state index in [0.717, 1.165) is 59.8 Å². The SMILES string of the molecule is C[C@H]1C(=O)N[C@@H](CO)C(=O)N[C@@]2(Cc3ccc(Cl)cc3)CCCN(C2)C(=O)[C@H]([C@@H]2CCc3ccccc32)CC(=O)N1Cc1ccc(Cl)cc1Oc1ccc(-c2cnc(CN3CCCC3)n2C)cc1. The van der Waals surface area contributed by atoms with Gasteiger partial charge in [0.2, 0.25) is 23.6 Å². The number of rotatable bonds is 11. The first kappa shape index (κ1) is 47.3. The lowest BCUT2D eigenvalue weighted by Gasteiger charge is -2.46. The van der Waals surface area contributed by atoms with Crippen molar-refractivity contribution in [1.82, 2.24) is 34.9 Å². The highest BCUT2D eigenvalue weighted by Crippen LogP contribution is 2.42. The van der Waals surface area contributed by atoms with Crippen molar-refractivity contribution in [2.24, 2.45) is 13.0 Å². The zero-order valence-electron chi connectivity index (χ0n) is 38.6. The molecule has 3 aliphatic heterocycles. The van der Waals surface area contributed by atoms with Crippen LogP contribution in [0.2, 0.25) is 10.0 Å². The molecule has 0 spiro atoms. The van der Waals surface area contributed by atoms with Gasteiger partial charge in [0, 0.05) is 47.7 Å². The molecule has 0 unspecified atom stereocenters. The third-order valence-corrected chi connectivity index (χ3v) is 15.0. The Balaban J connectivity index is 1.03. The van der Waals surface area contributed by atoms with Crippen LogP contribution in [0.4, 0.5) is 0 Å². The number of halogens is 2. The van der Waals surface area contributed by atoms with Crippen LogP contribution in [0.3, 0.4) is 0 Å². The van der Waals surface area contributed by atoms with Crippen LogP contribution in [0.1, 0.15) is 79.4 Å². The van der Waals surface area contributed by atoms with Gasteiger partial charge in [0.15, 0.2) is 0 Å². The summed E-state index contributed by atoms with van der Waals surface area (Å²) in [7, 11) is 2.03. The zero-order chi connectivity index (χ0) is 47.5. The molecule has 4 aromatic carbocycles. The lowest BCUT2D eigenvalue weighted by atomic mass is 9.80. The first-order valence-electron chi connectivity index (χ1n) is 23.8. The number of carbonyl (C=O) groups excluding carboxylic acids is 4. The van der Waals surface area contributed by atoms with Gasteiger partial charge in [-0.15, -0.1) is 0 Å². The second-order valence-electron chi connectivity index (χ2n) is 19.0. The fourth-order valence-electron chi connectivity index (χ4n) is 10.7. The van der Waals surface area contributed by atoms with E-state index < -0.39 is 47.9 Å². The Labute approximate surface area is 407 Å². The maximum Gasteiger partial charge on any atom is 0.245 e. The number of imidazole rings is 1. The maximum absolute atomic E-state index is 15.3. The first-order valence-corrected chi connectivity index (χ1v) is 24.6. The number of nitrogens with zero attached hydrogens (tertiary/aromatic N) is 5. The molecular weight excluding hydrogens is 902 g/mol. The zero-order valence-corrected chi connectivity index (χ0v) is 40.1. The van der Waals surface area contributed by atoms with Crippen LogP contribution in [0.25, 0.3) is 11.3 Å². The minimum absolute atomic E-state index is 0.0844. The number of amides is 4. The van der Waals surface area contributed by atoms with Gasteiger partial charge in [-0.2, -0.15) is 0 Å². The van der Waals surface area contributed by atoms with Crippen LogP contribution in [0, 0.1) is 5.92 Å². The largest absolute Gasteiger partial charge is 0.457 e. The Kier molecular flexibility index (Phi) is 14.3. The Morgan fingerprint density at radius 2 is 1.60 bits per heavy atom. The van der Waals surface area contributed by atoms with Gasteiger partial charge in [-0.3, -0.25) is 24.1 Å². The van der Waals surface area contributed by atoms with Crippen molar-refractivity contribution in [3.63, 3.8) is 0 Å². The second-order valence-corrected chi connectivity index (χ2v) is 19.9. The third-order valence-electron chi connectivity index (χ3n) is 14.5. The van der Waals surface area contributed by atoms with E-state index in [4.69, 9.17) is 32.9 Å². The fraction of sp³-hybridized carbons (Fsp3) is 0.415. The normalized spacial score (nSPS) is 23.8. The quantitative estimate of drug-likeness (QED) is 0.124. The summed E-state index contributed by atoms with van der Waals surface area (Å²) in [5, 5.41) is 17.6.